The first-order chi connectivity index (χ1) is 18.7. The summed E-state index contributed by atoms with van der Waals surface area (Å²) < 4.78 is 12.8. The monoisotopic (exact) mass is 508 g/mol. The summed E-state index contributed by atoms with van der Waals surface area (Å²) in [5, 5.41) is 13.7. The molecule has 6 rings (SSSR count). The molecule has 0 radical (unpaired) electrons. The first kappa shape index (κ1) is 23.7. The van der Waals surface area contributed by atoms with Crippen LogP contribution in [0.25, 0.3) is 10.9 Å². The zero-order valence-electron chi connectivity index (χ0n) is 21.3. The third kappa shape index (κ3) is 4.26. The number of nitrogens with zero attached hydrogens (tertiary/aromatic N) is 5. The fourth-order valence-electron chi connectivity index (χ4n) is 5.31. The van der Waals surface area contributed by atoms with Gasteiger partial charge in [-0.1, -0.05) is 48.5 Å². The van der Waals surface area contributed by atoms with E-state index in [-0.39, 0.29) is 5.56 Å². The third-order valence-electron chi connectivity index (χ3n) is 7.11. The molecule has 9 nitrogen and oxygen atoms in total. The summed E-state index contributed by atoms with van der Waals surface area (Å²) in [5.74, 6) is 1.75. The molecule has 5 aromatic rings. The molecule has 2 aromatic heterocycles. The molecular weight excluding hydrogens is 480 g/mol. The maximum absolute atomic E-state index is 13.7. The fourth-order valence-corrected chi connectivity index (χ4v) is 5.31. The van der Waals surface area contributed by atoms with E-state index >= 15 is 0 Å². The van der Waals surface area contributed by atoms with Crippen molar-refractivity contribution in [2.24, 2.45) is 0 Å². The van der Waals surface area contributed by atoms with Gasteiger partial charge in [0.25, 0.3) is 5.56 Å². The van der Waals surface area contributed by atoms with Gasteiger partial charge in [0.05, 0.1) is 26.3 Å². The quantitative estimate of drug-likeness (QED) is 0.353. The SMILES string of the molecule is COc1cc2cc([C@H](c3nnnn3Cc3ccccc3)N3CCCc4ccccc43)c(=O)[nH]c2cc1OC. The predicted molar refractivity (Wildman–Crippen MR) is 145 cm³/mol. The Bertz CT molecular complexity index is 1650. The van der Waals surface area contributed by atoms with Crippen LogP contribution in [-0.2, 0) is 13.0 Å². The van der Waals surface area contributed by atoms with Crippen LogP contribution in [0.3, 0.4) is 0 Å². The maximum Gasteiger partial charge on any atom is 0.254 e. The lowest BCUT2D eigenvalue weighted by Gasteiger charge is -2.37. The number of para-hydroxylation sites is 1. The minimum atomic E-state index is -0.503. The van der Waals surface area contributed by atoms with E-state index < -0.39 is 6.04 Å². The summed E-state index contributed by atoms with van der Waals surface area (Å²) in [4.78, 5) is 19.0. The van der Waals surface area contributed by atoms with Gasteiger partial charge in [0, 0.05) is 29.2 Å². The molecule has 1 atom stereocenters. The van der Waals surface area contributed by atoms with Crippen LogP contribution in [0, 0.1) is 0 Å². The molecule has 0 saturated carbocycles. The first-order valence-electron chi connectivity index (χ1n) is 12.6. The van der Waals surface area contributed by atoms with E-state index in [2.05, 4.69) is 43.6 Å². The van der Waals surface area contributed by atoms with Gasteiger partial charge in [0.2, 0.25) is 0 Å². The molecule has 0 saturated heterocycles. The smallest absolute Gasteiger partial charge is 0.254 e. The summed E-state index contributed by atoms with van der Waals surface area (Å²) in [6.45, 7) is 1.26. The van der Waals surface area contributed by atoms with Crippen LogP contribution in [0.2, 0.25) is 0 Å². The van der Waals surface area contributed by atoms with Crippen LogP contribution in [0.15, 0.2) is 77.6 Å². The number of aromatic amines is 1. The standard InChI is InChI=1S/C29H28N6O3/c1-37-25-16-21-15-22(29(36)30-23(21)17-26(25)38-2)27(34-14-8-12-20-11-6-7-13-24(20)34)28-31-32-33-35(28)18-19-9-4-3-5-10-19/h3-7,9-11,13,15-17,27H,8,12,14,18H2,1-2H3,(H,30,36)/t27-/m1/s1. The Hall–Kier alpha value is -4.66. The van der Waals surface area contributed by atoms with Gasteiger partial charge in [-0.25, -0.2) is 4.68 Å². The van der Waals surface area contributed by atoms with Gasteiger partial charge in [0.1, 0.15) is 6.04 Å². The van der Waals surface area contributed by atoms with Gasteiger partial charge in [-0.15, -0.1) is 5.10 Å². The summed E-state index contributed by atoms with van der Waals surface area (Å²) in [6.07, 6.45) is 1.95. The molecule has 3 heterocycles. The van der Waals surface area contributed by atoms with Gasteiger partial charge < -0.3 is 19.4 Å². The summed E-state index contributed by atoms with van der Waals surface area (Å²) in [5.41, 5.74) is 4.43. The average molecular weight is 509 g/mol. The van der Waals surface area contributed by atoms with Crippen molar-refractivity contribution in [1.82, 2.24) is 25.2 Å². The number of aromatic nitrogens is 5. The molecule has 0 bridgehead atoms. The molecule has 0 fully saturated rings. The Morgan fingerprint density at radius 3 is 2.55 bits per heavy atom. The zero-order chi connectivity index (χ0) is 26.1. The Labute approximate surface area is 219 Å². The zero-order valence-corrected chi connectivity index (χ0v) is 21.3. The number of anilines is 1. The molecule has 0 aliphatic carbocycles. The van der Waals surface area contributed by atoms with Crippen molar-refractivity contribution in [3.8, 4) is 11.5 Å². The highest BCUT2D eigenvalue weighted by molar-refractivity contribution is 5.83. The van der Waals surface area contributed by atoms with E-state index in [4.69, 9.17) is 9.47 Å². The summed E-state index contributed by atoms with van der Waals surface area (Å²) in [7, 11) is 3.17. The number of benzene rings is 3. The van der Waals surface area contributed by atoms with Crippen LogP contribution in [0.5, 0.6) is 11.5 Å². The highest BCUT2D eigenvalue weighted by atomic mass is 16.5. The molecule has 1 aliphatic rings. The van der Waals surface area contributed by atoms with Crippen LogP contribution < -0.4 is 19.9 Å². The number of pyridine rings is 1. The Morgan fingerprint density at radius 1 is 0.974 bits per heavy atom. The lowest BCUT2D eigenvalue weighted by atomic mass is 9.96. The Kier molecular flexibility index (Phi) is 6.25. The maximum atomic E-state index is 13.7. The van der Waals surface area contributed by atoms with E-state index in [0.717, 1.165) is 36.0 Å². The van der Waals surface area contributed by atoms with Gasteiger partial charge >= 0.3 is 0 Å². The Morgan fingerprint density at radius 2 is 1.74 bits per heavy atom. The summed E-state index contributed by atoms with van der Waals surface area (Å²) >= 11 is 0. The number of aryl methyl sites for hydroxylation is 1. The average Bonchev–Trinajstić information content (AvgIpc) is 3.41. The minimum absolute atomic E-state index is 0.202. The second-order valence-corrected chi connectivity index (χ2v) is 9.36. The lowest BCUT2D eigenvalue weighted by Crippen LogP contribution is -2.38. The molecule has 0 spiro atoms. The number of hydrogen-bond donors (Lipinski definition) is 1. The first-order valence-corrected chi connectivity index (χ1v) is 12.6. The topological polar surface area (TPSA) is 98.2 Å². The van der Waals surface area contributed by atoms with Crippen molar-refractivity contribution in [3.63, 3.8) is 0 Å². The number of fused-ring (bicyclic) bond motifs is 2. The second kappa shape index (κ2) is 10.0. The number of methoxy groups -OCH3 is 2. The minimum Gasteiger partial charge on any atom is -0.493 e. The fraction of sp³-hybridized carbons (Fsp3) is 0.241. The van der Waals surface area contributed by atoms with E-state index in [1.807, 2.05) is 48.5 Å². The van der Waals surface area contributed by atoms with Crippen LogP contribution >= 0.6 is 0 Å². The second-order valence-electron chi connectivity index (χ2n) is 9.36. The molecule has 1 aliphatic heterocycles. The van der Waals surface area contributed by atoms with E-state index in [1.165, 1.54) is 5.56 Å². The van der Waals surface area contributed by atoms with Crippen molar-refractivity contribution in [3.05, 3.63) is 106 Å². The molecule has 0 amide bonds. The molecule has 38 heavy (non-hydrogen) atoms. The number of rotatable bonds is 7. The predicted octanol–water partition coefficient (Wildman–Crippen LogP) is 4.12. The normalized spacial score (nSPS) is 13.8. The molecular formula is C29H28N6O3. The van der Waals surface area contributed by atoms with Gasteiger partial charge in [-0.2, -0.15) is 0 Å². The van der Waals surface area contributed by atoms with Crippen molar-refractivity contribution in [1.29, 1.82) is 0 Å². The van der Waals surface area contributed by atoms with Gasteiger partial charge in [0.15, 0.2) is 17.3 Å². The third-order valence-corrected chi connectivity index (χ3v) is 7.11. The number of ether oxygens (including phenoxy) is 2. The van der Waals surface area contributed by atoms with Crippen molar-refractivity contribution in [2.45, 2.75) is 25.4 Å². The van der Waals surface area contributed by atoms with E-state index in [9.17, 15) is 4.79 Å². The number of nitrogens with one attached hydrogen (secondary N) is 1. The molecule has 3 aromatic carbocycles. The molecule has 9 heteroatoms. The highest BCUT2D eigenvalue weighted by Gasteiger charge is 2.33. The number of H-pyrrole nitrogens is 1. The summed E-state index contributed by atoms with van der Waals surface area (Å²) in [6, 6.07) is 23.5. The molecule has 0 unspecified atom stereocenters. The van der Waals surface area contributed by atoms with Gasteiger partial charge in [-0.3, -0.25) is 4.79 Å². The van der Waals surface area contributed by atoms with Crippen LogP contribution in [0.4, 0.5) is 5.69 Å². The van der Waals surface area contributed by atoms with E-state index in [1.54, 1.807) is 25.0 Å². The largest absolute Gasteiger partial charge is 0.493 e. The number of tetrazole rings is 1. The lowest BCUT2D eigenvalue weighted by molar-refractivity contribution is 0.356. The van der Waals surface area contributed by atoms with Crippen molar-refractivity contribution in [2.75, 3.05) is 25.7 Å². The van der Waals surface area contributed by atoms with E-state index in [0.29, 0.717) is 34.9 Å². The molecule has 1 N–H and O–H groups in total. The Balaban J connectivity index is 1.55. The molecule has 192 valence electrons. The number of hydrogen-bond acceptors (Lipinski definition) is 7. The van der Waals surface area contributed by atoms with Crippen LogP contribution in [-0.4, -0.2) is 46.0 Å². The van der Waals surface area contributed by atoms with Gasteiger partial charge in [-0.05, 0) is 52.6 Å². The van der Waals surface area contributed by atoms with Crippen molar-refractivity contribution >= 4 is 16.6 Å². The van der Waals surface area contributed by atoms with Crippen molar-refractivity contribution < 1.29 is 9.47 Å². The highest BCUT2D eigenvalue weighted by Crippen LogP contribution is 2.38. The van der Waals surface area contributed by atoms with Crippen LogP contribution in [0.1, 0.15) is 35.0 Å².